The SMILES string of the molecule is C[C@@H](NC1CCSCC1)[C@H](O)Cc1ccccc1. The highest BCUT2D eigenvalue weighted by Gasteiger charge is 2.20. The van der Waals surface area contributed by atoms with Crippen LogP contribution >= 0.6 is 11.8 Å². The summed E-state index contributed by atoms with van der Waals surface area (Å²) in [6.45, 7) is 2.09. The normalized spacial score (nSPS) is 20.6. The summed E-state index contributed by atoms with van der Waals surface area (Å²) < 4.78 is 0. The monoisotopic (exact) mass is 265 g/mol. The molecule has 1 aromatic carbocycles. The minimum Gasteiger partial charge on any atom is -0.391 e. The van der Waals surface area contributed by atoms with Crippen molar-refractivity contribution in [2.24, 2.45) is 0 Å². The molecule has 0 amide bonds. The van der Waals surface area contributed by atoms with Gasteiger partial charge in [0.15, 0.2) is 0 Å². The van der Waals surface area contributed by atoms with Crippen LogP contribution in [0, 0.1) is 0 Å². The number of hydrogen-bond donors (Lipinski definition) is 2. The van der Waals surface area contributed by atoms with E-state index < -0.39 is 0 Å². The van der Waals surface area contributed by atoms with Gasteiger partial charge in [0.05, 0.1) is 6.10 Å². The molecule has 0 saturated carbocycles. The number of thioether (sulfide) groups is 1. The first-order chi connectivity index (χ1) is 8.75. The number of hydrogen-bond acceptors (Lipinski definition) is 3. The van der Waals surface area contributed by atoms with Crippen molar-refractivity contribution in [3.8, 4) is 0 Å². The van der Waals surface area contributed by atoms with Gasteiger partial charge in [-0.3, -0.25) is 0 Å². The van der Waals surface area contributed by atoms with Crippen molar-refractivity contribution in [2.75, 3.05) is 11.5 Å². The lowest BCUT2D eigenvalue weighted by atomic mass is 10.0. The molecule has 3 heteroatoms. The topological polar surface area (TPSA) is 32.3 Å². The third-order valence-corrected chi connectivity index (χ3v) is 4.63. The molecule has 0 aromatic heterocycles. The molecule has 1 saturated heterocycles. The Labute approximate surface area is 114 Å². The van der Waals surface area contributed by atoms with E-state index in [1.807, 2.05) is 30.0 Å². The van der Waals surface area contributed by atoms with Gasteiger partial charge >= 0.3 is 0 Å². The Morgan fingerprint density at radius 3 is 2.61 bits per heavy atom. The summed E-state index contributed by atoms with van der Waals surface area (Å²) in [6, 6.07) is 11.0. The molecule has 18 heavy (non-hydrogen) atoms. The average molecular weight is 265 g/mol. The number of aliphatic hydroxyl groups is 1. The molecule has 1 heterocycles. The van der Waals surface area contributed by atoms with Gasteiger partial charge in [0.1, 0.15) is 0 Å². The zero-order valence-electron chi connectivity index (χ0n) is 11.0. The molecule has 0 spiro atoms. The number of benzene rings is 1. The van der Waals surface area contributed by atoms with Crippen molar-refractivity contribution >= 4 is 11.8 Å². The molecule has 2 atom stereocenters. The molecule has 0 aliphatic carbocycles. The second-order valence-electron chi connectivity index (χ2n) is 5.10. The average Bonchev–Trinajstić information content (AvgIpc) is 2.41. The van der Waals surface area contributed by atoms with Crippen LogP contribution in [0.2, 0.25) is 0 Å². The predicted octanol–water partition coefficient (Wildman–Crippen LogP) is 2.46. The Morgan fingerprint density at radius 2 is 1.94 bits per heavy atom. The standard InChI is InChI=1S/C15H23NOS/c1-12(16-14-7-9-18-10-8-14)15(17)11-13-5-3-2-4-6-13/h2-6,12,14-17H,7-11H2,1H3/t12-,15-/m1/s1. The van der Waals surface area contributed by atoms with Crippen molar-refractivity contribution in [1.29, 1.82) is 0 Å². The van der Waals surface area contributed by atoms with E-state index in [4.69, 9.17) is 0 Å². The van der Waals surface area contributed by atoms with Crippen molar-refractivity contribution in [2.45, 2.75) is 44.4 Å². The molecular weight excluding hydrogens is 242 g/mol. The molecule has 2 N–H and O–H groups in total. The molecule has 1 aliphatic rings. The van der Waals surface area contributed by atoms with Gasteiger partial charge in [-0.05, 0) is 43.3 Å². The first-order valence-electron chi connectivity index (χ1n) is 6.81. The van der Waals surface area contributed by atoms with Crippen LogP contribution in [0.25, 0.3) is 0 Å². The highest BCUT2D eigenvalue weighted by Crippen LogP contribution is 2.18. The lowest BCUT2D eigenvalue weighted by Crippen LogP contribution is -2.45. The molecular formula is C15H23NOS. The van der Waals surface area contributed by atoms with Crippen LogP contribution in [-0.4, -0.2) is 34.8 Å². The van der Waals surface area contributed by atoms with Gasteiger partial charge in [-0.25, -0.2) is 0 Å². The minimum absolute atomic E-state index is 0.165. The van der Waals surface area contributed by atoms with Crippen LogP contribution in [0.5, 0.6) is 0 Å². The van der Waals surface area contributed by atoms with Crippen LogP contribution < -0.4 is 5.32 Å². The quantitative estimate of drug-likeness (QED) is 0.858. The zero-order chi connectivity index (χ0) is 12.8. The Hall–Kier alpha value is -0.510. The van der Waals surface area contributed by atoms with Gasteiger partial charge in [0.25, 0.3) is 0 Å². The van der Waals surface area contributed by atoms with E-state index in [0.717, 1.165) is 6.42 Å². The molecule has 2 nitrogen and oxygen atoms in total. The van der Waals surface area contributed by atoms with E-state index in [2.05, 4.69) is 24.4 Å². The van der Waals surface area contributed by atoms with E-state index >= 15 is 0 Å². The van der Waals surface area contributed by atoms with Gasteiger partial charge in [-0.15, -0.1) is 0 Å². The first kappa shape index (κ1) is 13.9. The fourth-order valence-corrected chi connectivity index (χ4v) is 3.49. The van der Waals surface area contributed by atoms with Gasteiger partial charge < -0.3 is 10.4 Å². The summed E-state index contributed by atoms with van der Waals surface area (Å²) in [5.74, 6) is 2.50. The summed E-state index contributed by atoms with van der Waals surface area (Å²) in [5.41, 5.74) is 1.21. The van der Waals surface area contributed by atoms with Crippen LogP contribution in [0.3, 0.4) is 0 Å². The van der Waals surface area contributed by atoms with E-state index in [1.165, 1.54) is 29.9 Å². The van der Waals surface area contributed by atoms with Crippen molar-refractivity contribution in [1.82, 2.24) is 5.32 Å². The Balaban J connectivity index is 1.79. The zero-order valence-corrected chi connectivity index (χ0v) is 11.8. The van der Waals surface area contributed by atoms with Crippen LogP contribution in [0.4, 0.5) is 0 Å². The van der Waals surface area contributed by atoms with Crippen LogP contribution in [-0.2, 0) is 6.42 Å². The maximum absolute atomic E-state index is 10.2. The molecule has 1 fully saturated rings. The molecule has 1 aliphatic heterocycles. The highest BCUT2D eigenvalue weighted by atomic mass is 32.2. The minimum atomic E-state index is -0.304. The third-order valence-electron chi connectivity index (χ3n) is 3.58. The number of nitrogens with one attached hydrogen (secondary N) is 1. The molecule has 1 aromatic rings. The first-order valence-corrected chi connectivity index (χ1v) is 7.97. The molecule has 0 radical (unpaired) electrons. The number of aliphatic hydroxyl groups excluding tert-OH is 1. The lowest BCUT2D eigenvalue weighted by molar-refractivity contribution is 0.127. The summed E-state index contributed by atoms with van der Waals surface area (Å²) in [6.07, 6.45) is 2.89. The Kier molecular flexibility index (Phi) is 5.54. The second kappa shape index (κ2) is 7.17. The smallest absolute Gasteiger partial charge is 0.0730 e. The van der Waals surface area contributed by atoms with Gasteiger partial charge in [-0.1, -0.05) is 30.3 Å². The maximum atomic E-state index is 10.2. The molecule has 2 rings (SSSR count). The largest absolute Gasteiger partial charge is 0.391 e. The fourth-order valence-electron chi connectivity index (χ4n) is 2.38. The number of rotatable bonds is 5. The summed E-state index contributed by atoms with van der Waals surface area (Å²) in [7, 11) is 0. The van der Waals surface area contributed by atoms with Gasteiger partial charge in [0, 0.05) is 12.1 Å². The van der Waals surface area contributed by atoms with Gasteiger partial charge in [-0.2, -0.15) is 11.8 Å². The highest BCUT2D eigenvalue weighted by molar-refractivity contribution is 7.99. The maximum Gasteiger partial charge on any atom is 0.0730 e. The second-order valence-corrected chi connectivity index (χ2v) is 6.32. The third kappa shape index (κ3) is 4.30. The van der Waals surface area contributed by atoms with E-state index in [-0.39, 0.29) is 12.1 Å². The van der Waals surface area contributed by atoms with E-state index in [9.17, 15) is 5.11 Å². The van der Waals surface area contributed by atoms with E-state index in [1.54, 1.807) is 0 Å². The lowest BCUT2D eigenvalue weighted by Gasteiger charge is -2.29. The molecule has 0 bridgehead atoms. The van der Waals surface area contributed by atoms with Crippen LogP contribution in [0.1, 0.15) is 25.3 Å². The van der Waals surface area contributed by atoms with Crippen molar-refractivity contribution in [3.63, 3.8) is 0 Å². The molecule has 0 unspecified atom stereocenters. The summed E-state index contributed by atoms with van der Waals surface area (Å²) in [5, 5.41) is 13.8. The molecule has 100 valence electrons. The van der Waals surface area contributed by atoms with Gasteiger partial charge in [0.2, 0.25) is 0 Å². The summed E-state index contributed by atoms with van der Waals surface area (Å²) in [4.78, 5) is 0. The van der Waals surface area contributed by atoms with Crippen LogP contribution in [0.15, 0.2) is 30.3 Å². The predicted molar refractivity (Wildman–Crippen MR) is 79.1 cm³/mol. The van der Waals surface area contributed by atoms with Crippen molar-refractivity contribution < 1.29 is 5.11 Å². The van der Waals surface area contributed by atoms with Crippen molar-refractivity contribution in [3.05, 3.63) is 35.9 Å². The Bertz CT molecular complexity index is 338. The Morgan fingerprint density at radius 1 is 1.28 bits per heavy atom. The summed E-state index contributed by atoms with van der Waals surface area (Å²) >= 11 is 2.03. The fraction of sp³-hybridized carbons (Fsp3) is 0.600. The van der Waals surface area contributed by atoms with E-state index in [0.29, 0.717) is 6.04 Å².